The second kappa shape index (κ2) is 6.61. The maximum atomic E-state index is 3.47. The van der Waals surface area contributed by atoms with Crippen molar-refractivity contribution in [2.45, 2.75) is 59.5 Å². The summed E-state index contributed by atoms with van der Waals surface area (Å²) in [5.41, 5.74) is 0. The molecule has 0 bridgehead atoms. The highest BCUT2D eigenvalue weighted by molar-refractivity contribution is 4.89. The molecule has 1 saturated carbocycles. The third-order valence-corrected chi connectivity index (χ3v) is 3.65. The fraction of sp³-hybridized carbons (Fsp3) is 1.00. The third-order valence-electron chi connectivity index (χ3n) is 3.65. The van der Waals surface area contributed by atoms with Gasteiger partial charge in [-0.25, -0.2) is 0 Å². The molecule has 2 atom stereocenters. The minimum atomic E-state index is 0.717. The van der Waals surface area contributed by atoms with Crippen molar-refractivity contribution < 1.29 is 0 Å². The van der Waals surface area contributed by atoms with Crippen LogP contribution in [0.5, 0.6) is 0 Å². The fourth-order valence-electron chi connectivity index (χ4n) is 2.35. The van der Waals surface area contributed by atoms with Gasteiger partial charge in [0, 0.05) is 18.6 Å². The van der Waals surface area contributed by atoms with E-state index < -0.39 is 0 Å². The average Bonchev–Trinajstić information content (AvgIpc) is 3.05. The third kappa shape index (κ3) is 4.42. The minimum absolute atomic E-state index is 0.717. The van der Waals surface area contributed by atoms with Gasteiger partial charge in [-0.15, -0.1) is 0 Å². The zero-order valence-electron chi connectivity index (χ0n) is 11.8. The summed E-state index contributed by atoms with van der Waals surface area (Å²) in [7, 11) is 0. The molecule has 0 heterocycles. The Morgan fingerprint density at radius 1 is 1.19 bits per heavy atom. The SMILES string of the molecule is CCNCC(C)C(C)N(CC(C)C)C1CC1. The molecule has 0 amide bonds. The normalized spacial score (nSPS) is 20.4. The largest absolute Gasteiger partial charge is 0.317 e. The van der Waals surface area contributed by atoms with Crippen molar-refractivity contribution in [2.75, 3.05) is 19.6 Å². The summed E-state index contributed by atoms with van der Waals surface area (Å²) in [6.45, 7) is 15.1. The van der Waals surface area contributed by atoms with Gasteiger partial charge in [0.1, 0.15) is 0 Å². The first-order valence-electron chi connectivity index (χ1n) is 7.02. The van der Waals surface area contributed by atoms with Crippen molar-refractivity contribution in [3.63, 3.8) is 0 Å². The summed E-state index contributed by atoms with van der Waals surface area (Å²) in [6.07, 6.45) is 2.84. The summed E-state index contributed by atoms with van der Waals surface area (Å²) in [4.78, 5) is 2.74. The van der Waals surface area contributed by atoms with Crippen LogP contribution in [-0.2, 0) is 0 Å². The van der Waals surface area contributed by atoms with Gasteiger partial charge in [0.2, 0.25) is 0 Å². The molecule has 1 rings (SSSR count). The summed E-state index contributed by atoms with van der Waals surface area (Å²) >= 11 is 0. The lowest BCUT2D eigenvalue weighted by atomic mass is 10.0. The second-order valence-electron chi connectivity index (χ2n) is 5.85. The van der Waals surface area contributed by atoms with Crippen LogP contribution < -0.4 is 5.32 Å². The monoisotopic (exact) mass is 226 g/mol. The predicted octanol–water partition coefficient (Wildman–Crippen LogP) is 2.74. The van der Waals surface area contributed by atoms with E-state index in [2.05, 4.69) is 44.8 Å². The van der Waals surface area contributed by atoms with E-state index in [1.165, 1.54) is 19.4 Å². The highest BCUT2D eigenvalue weighted by atomic mass is 15.2. The van der Waals surface area contributed by atoms with E-state index in [4.69, 9.17) is 0 Å². The molecule has 2 unspecified atom stereocenters. The molecular weight excluding hydrogens is 196 g/mol. The molecule has 2 nitrogen and oxygen atoms in total. The Bertz CT molecular complexity index is 187. The standard InChI is InChI=1S/C14H30N2/c1-6-15-9-12(4)13(5)16(10-11(2)3)14-7-8-14/h11-15H,6-10H2,1-5H3. The van der Waals surface area contributed by atoms with Gasteiger partial charge >= 0.3 is 0 Å². The molecule has 2 heteroatoms. The lowest BCUT2D eigenvalue weighted by molar-refractivity contribution is 0.134. The predicted molar refractivity (Wildman–Crippen MR) is 71.7 cm³/mol. The molecular formula is C14H30N2. The van der Waals surface area contributed by atoms with Crippen LogP contribution in [0.25, 0.3) is 0 Å². The smallest absolute Gasteiger partial charge is 0.0108 e. The van der Waals surface area contributed by atoms with Gasteiger partial charge in [0.15, 0.2) is 0 Å². The van der Waals surface area contributed by atoms with Crippen LogP contribution in [0.2, 0.25) is 0 Å². The van der Waals surface area contributed by atoms with Crippen LogP contribution in [0, 0.1) is 11.8 Å². The van der Waals surface area contributed by atoms with Gasteiger partial charge < -0.3 is 5.32 Å². The quantitative estimate of drug-likeness (QED) is 0.684. The summed E-state index contributed by atoms with van der Waals surface area (Å²) < 4.78 is 0. The van der Waals surface area contributed by atoms with Crippen LogP contribution in [-0.4, -0.2) is 36.6 Å². The van der Waals surface area contributed by atoms with E-state index >= 15 is 0 Å². The zero-order chi connectivity index (χ0) is 12.1. The first kappa shape index (κ1) is 14.0. The Kier molecular flexibility index (Phi) is 5.77. The second-order valence-corrected chi connectivity index (χ2v) is 5.85. The summed E-state index contributed by atoms with van der Waals surface area (Å²) in [6, 6.07) is 1.61. The summed E-state index contributed by atoms with van der Waals surface area (Å²) in [5.74, 6) is 1.54. The van der Waals surface area contributed by atoms with Gasteiger partial charge in [-0.3, -0.25) is 4.90 Å². The van der Waals surface area contributed by atoms with E-state index in [9.17, 15) is 0 Å². The van der Waals surface area contributed by atoms with E-state index in [0.29, 0.717) is 6.04 Å². The van der Waals surface area contributed by atoms with Gasteiger partial charge in [0.25, 0.3) is 0 Å². The first-order chi connectivity index (χ1) is 7.56. The van der Waals surface area contributed by atoms with E-state index in [-0.39, 0.29) is 0 Å². The summed E-state index contributed by atoms with van der Waals surface area (Å²) in [5, 5.41) is 3.47. The molecule has 0 aliphatic heterocycles. The Labute approximate surface area is 102 Å². The molecule has 1 aliphatic carbocycles. The van der Waals surface area contributed by atoms with Crippen LogP contribution in [0.4, 0.5) is 0 Å². The highest BCUT2D eigenvalue weighted by Gasteiger charge is 2.33. The lowest BCUT2D eigenvalue weighted by Crippen LogP contribution is -2.44. The molecule has 0 saturated heterocycles. The Balaban J connectivity index is 2.42. The number of hydrogen-bond donors (Lipinski definition) is 1. The molecule has 0 aromatic rings. The van der Waals surface area contributed by atoms with Crippen molar-refractivity contribution in [3.8, 4) is 0 Å². The minimum Gasteiger partial charge on any atom is -0.317 e. The van der Waals surface area contributed by atoms with Crippen LogP contribution in [0.1, 0.15) is 47.5 Å². The van der Waals surface area contributed by atoms with Crippen molar-refractivity contribution in [2.24, 2.45) is 11.8 Å². The van der Waals surface area contributed by atoms with Crippen LogP contribution in [0.3, 0.4) is 0 Å². The molecule has 0 aromatic heterocycles. The van der Waals surface area contributed by atoms with Crippen LogP contribution >= 0.6 is 0 Å². The molecule has 1 N–H and O–H groups in total. The van der Waals surface area contributed by atoms with Crippen molar-refractivity contribution in [3.05, 3.63) is 0 Å². The average molecular weight is 226 g/mol. The lowest BCUT2D eigenvalue weighted by Gasteiger charge is -2.34. The molecule has 0 radical (unpaired) electrons. The maximum absolute atomic E-state index is 3.47. The Hall–Kier alpha value is -0.0800. The van der Waals surface area contributed by atoms with Crippen molar-refractivity contribution in [1.29, 1.82) is 0 Å². The van der Waals surface area contributed by atoms with E-state index in [1.807, 2.05) is 0 Å². The fourth-order valence-corrected chi connectivity index (χ4v) is 2.35. The molecule has 0 spiro atoms. The number of nitrogens with zero attached hydrogens (tertiary/aromatic N) is 1. The molecule has 16 heavy (non-hydrogen) atoms. The zero-order valence-corrected chi connectivity index (χ0v) is 11.8. The first-order valence-corrected chi connectivity index (χ1v) is 7.02. The highest BCUT2D eigenvalue weighted by Crippen LogP contribution is 2.31. The van der Waals surface area contributed by atoms with Gasteiger partial charge in [0.05, 0.1) is 0 Å². The molecule has 0 aromatic carbocycles. The van der Waals surface area contributed by atoms with E-state index in [0.717, 1.165) is 31.0 Å². The number of nitrogens with one attached hydrogen (secondary N) is 1. The molecule has 1 fully saturated rings. The maximum Gasteiger partial charge on any atom is 0.0108 e. The number of hydrogen-bond acceptors (Lipinski definition) is 2. The van der Waals surface area contributed by atoms with Crippen molar-refractivity contribution in [1.82, 2.24) is 10.2 Å². The Morgan fingerprint density at radius 2 is 1.81 bits per heavy atom. The van der Waals surface area contributed by atoms with E-state index in [1.54, 1.807) is 0 Å². The van der Waals surface area contributed by atoms with Crippen molar-refractivity contribution >= 4 is 0 Å². The van der Waals surface area contributed by atoms with Gasteiger partial charge in [-0.2, -0.15) is 0 Å². The molecule has 1 aliphatic rings. The molecule has 96 valence electrons. The number of rotatable bonds is 8. The van der Waals surface area contributed by atoms with Gasteiger partial charge in [-0.1, -0.05) is 27.7 Å². The Morgan fingerprint density at radius 3 is 2.25 bits per heavy atom. The topological polar surface area (TPSA) is 15.3 Å². The van der Waals surface area contributed by atoms with Crippen LogP contribution in [0.15, 0.2) is 0 Å². The van der Waals surface area contributed by atoms with Gasteiger partial charge in [-0.05, 0) is 44.7 Å².